The lowest BCUT2D eigenvalue weighted by atomic mass is 9.69. The van der Waals surface area contributed by atoms with Crippen LogP contribution in [0.15, 0.2) is 28.7 Å². The van der Waals surface area contributed by atoms with Crippen molar-refractivity contribution in [3.63, 3.8) is 0 Å². The fourth-order valence-electron chi connectivity index (χ4n) is 1.95. The summed E-state index contributed by atoms with van der Waals surface area (Å²) < 4.78 is 1.17. The molecule has 1 aliphatic carbocycles. The van der Waals surface area contributed by atoms with Crippen LogP contribution in [0, 0.1) is 5.92 Å². The van der Waals surface area contributed by atoms with Gasteiger partial charge < -0.3 is 5.11 Å². The second kappa shape index (κ2) is 3.43. The standard InChI is InChI=1S/C11H13BrO/c1-7-9(6-11(7)13)8-4-2-3-5-10(8)12/h2-5,7,9,11,13H,6H2,1H3. The third kappa shape index (κ3) is 1.53. The Kier molecular flexibility index (Phi) is 2.43. The minimum absolute atomic E-state index is 0.0999. The number of hydrogen-bond donors (Lipinski definition) is 1. The zero-order valence-electron chi connectivity index (χ0n) is 7.57. The van der Waals surface area contributed by atoms with Crippen LogP contribution in [0.1, 0.15) is 24.8 Å². The van der Waals surface area contributed by atoms with Crippen molar-refractivity contribution < 1.29 is 5.11 Å². The van der Waals surface area contributed by atoms with Crippen LogP contribution in [-0.2, 0) is 0 Å². The van der Waals surface area contributed by atoms with Gasteiger partial charge in [0.25, 0.3) is 0 Å². The summed E-state index contributed by atoms with van der Waals surface area (Å²) in [7, 11) is 0. The Bertz CT molecular complexity index is 311. The lowest BCUT2D eigenvalue weighted by molar-refractivity contribution is 0.0115. The zero-order chi connectivity index (χ0) is 9.42. The molecule has 1 aromatic carbocycles. The smallest absolute Gasteiger partial charge is 0.0577 e. The van der Waals surface area contributed by atoms with Gasteiger partial charge in [-0.3, -0.25) is 0 Å². The molecule has 2 heteroatoms. The number of aliphatic hydroxyl groups excluding tert-OH is 1. The fourth-order valence-corrected chi connectivity index (χ4v) is 2.53. The first-order valence-electron chi connectivity index (χ1n) is 4.62. The molecule has 0 heterocycles. The first-order valence-corrected chi connectivity index (χ1v) is 5.42. The summed E-state index contributed by atoms with van der Waals surface area (Å²) >= 11 is 3.54. The summed E-state index contributed by atoms with van der Waals surface area (Å²) in [6, 6.07) is 8.27. The average Bonchev–Trinajstić information content (AvgIpc) is 2.15. The Morgan fingerprint density at radius 3 is 2.62 bits per heavy atom. The van der Waals surface area contributed by atoms with Crippen LogP contribution in [0.3, 0.4) is 0 Å². The van der Waals surface area contributed by atoms with Crippen molar-refractivity contribution in [1.82, 2.24) is 0 Å². The predicted molar refractivity (Wildman–Crippen MR) is 56.7 cm³/mol. The minimum Gasteiger partial charge on any atom is -0.393 e. The van der Waals surface area contributed by atoms with Crippen LogP contribution in [0.4, 0.5) is 0 Å². The van der Waals surface area contributed by atoms with Gasteiger partial charge in [-0.05, 0) is 29.9 Å². The SMILES string of the molecule is CC1C(O)CC1c1ccccc1Br. The van der Waals surface area contributed by atoms with Gasteiger partial charge in [0.05, 0.1) is 6.10 Å². The molecule has 0 saturated heterocycles. The highest BCUT2D eigenvalue weighted by Crippen LogP contribution is 2.44. The van der Waals surface area contributed by atoms with Crippen molar-refractivity contribution in [2.75, 3.05) is 0 Å². The summed E-state index contributed by atoms with van der Waals surface area (Å²) in [6.07, 6.45) is 0.807. The molecule has 1 saturated carbocycles. The Hall–Kier alpha value is -0.340. The van der Waals surface area contributed by atoms with Crippen molar-refractivity contribution in [2.45, 2.75) is 25.4 Å². The second-order valence-corrected chi connectivity index (χ2v) is 4.64. The number of hydrogen-bond acceptors (Lipinski definition) is 1. The highest BCUT2D eigenvalue weighted by atomic mass is 79.9. The van der Waals surface area contributed by atoms with Crippen LogP contribution in [0.5, 0.6) is 0 Å². The number of halogens is 1. The van der Waals surface area contributed by atoms with Gasteiger partial charge in [0.1, 0.15) is 0 Å². The second-order valence-electron chi connectivity index (χ2n) is 3.79. The molecule has 0 radical (unpaired) electrons. The van der Waals surface area contributed by atoms with Gasteiger partial charge in [-0.2, -0.15) is 0 Å². The Morgan fingerprint density at radius 1 is 1.38 bits per heavy atom. The van der Waals surface area contributed by atoms with E-state index in [1.165, 1.54) is 10.0 Å². The van der Waals surface area contributed by atoms with Crippen molar-refractivity contribution >= 4 is 15.9 Å². The van der Waals surface area contributed by atoms with Crippen molar-refractivity contribution in [3.05, 3.63) is 34.3 Å². The number of rotatable bonds is 1. The molecule has 1 aliphatic rings. The molecule has 1 aromatic rings. The molecule has 70 valence electrons. The molecule has 3 unspecified atom stereocenters. The van der Waals surface area contributed by atoms with E-state index in [9.17, 15) is 5.11 Å². The maximum atomic E-state index is 9.42. The first kappa shape index (κ1) is 9.22. The molecule has 3 atom stereocenters. The summed E-state index contributed by atoms with van der Waals surface area (Å²) in [5.74, 6) is 0.935. The van der Waals surface area contributed by atoms with Crippen LogP contribution < -0.4 is 0 Å². The molecule has 1 fully saturated rings. The van der Waals surface area contributed by atoms with Gasteiger partial charge in [0.15, 0.2) is 0 Å². The predicted octanol–water partition coefficient (Wildman–Crippen LogP) is 2.93. The minimum atomic E-state index is -0.0999. The van der Waals surface area contributed by atoms with E-state index in [0.717, 1.165) is 6.42 Å². The topological polar surface area (TPSA) is 20.2 Å². The van der Waals surface area contributed by atoms with Gasteiger partial charge in [0.2, 0.25) is 0 Å². The number of aliphatic hydroxyl groups is 1. The molecule has 0 aromatic heterocycles. The third-order valence-corrected chi connectivity index (χ3v) is 3.76. The Labute approximate surface area is 86.9 Å². The quantitative estimate of drug-likeness (QED) is 0.801. The van der Waals surface area contributed by atoms with E-state index in [4.69, 9.17) is 0 Å². The van der Waals surface area contributed by atoms with E-state index in [2.05, 4.69) is 41.1 Å². The summed E-state index contributed by atoms with van der Waals surface area (Å²) in [5.41, 5.74) is 1.33. The zero-order valence-corrected chi connectivity index (χ0v) is 9.16. The van der Waals surface area contributed by atoms with Crippen LogP contribution in [0.2, 0.25) is 0 Å². The van der Waals surface area contributed by atoms with Crippen molar-refractivity contribution in [2.24, 2.45) is 5.92 Å². The first-order chi connectivity index (χ1) is 6.20. The van der Waals surface area contributed by atoms with Gasteiger partial charge >= 0.3 is 0 Å². The maximum Gasteiger partial charge on any atom is 0.0577 e. The van der Waals surface area contributed by atoms with Crippen molar-refractivity contribution in [1.29, 1.82) is 0 Å². The van der Waals surface area contributed by atoms with E-state index in [1.54, 1.807) is 0 Å². The lowest BCUT2D eigenvalue weighted by Crippen LogP contribution is -2.37. The third-order valence-electron chi connectivity index (χ3n) is 3.04. The normalized spacial score (nSPS) is 32.7. The van der Waals surface area contributed by atoms with E-state index < -0.39 is 0 Å². The molecule has 0 aliphatic heterocycles. The highest BCUT2D eigenvalue weighted by molar-refractivity contribution is 9.10. The molecule has 0 bridgehead atoms. The Morgan fingerprint density at radius 2 is 2.08 bits per heavy atom. The van der Waals surface area contributed by atoms with Crippen LogP contribution >= 0.6 is 15.9 Å². The lowest BCUT2D eigenvalue weighted by Gasteiger charge is -2.40. The summed E-state index contributed by atoms with van der Waals surface area (Å²) in [5, 5.41) is 9.42. The molecule has 13 heavy (non-hydrogen) atoms. The van der Waals surface area contributed by atoms with Gasteiger partial charge in [0, 0.05) is 4.47 Å². The molecular weight excluding hydrogens is 228 g/mol. The van der Waals surface area contributed by atoms with E-state index in [-0.39, 0.29) is 6.10 Å². The van der Waals surface area contributed by atoms with Crippen LogP contribution in [-0.4, -0.2) is 11.2 Å². The summed E-state index contributed by atoms with van der Waals surface area (Å²) in [6.45, 7) is 2.11. The highest BCUT2D eigenvalue weighted by Gasteiger charge is 2.37. The molecular formula is C11H13BrO. The van der Waals surface area contributed by atoms with E-state index in [1.807, 2.05) is 6.07 Å². The molecule has 0 spiro atoms. The maximum absolute atomic E-state index is 9.42. The van der Waals surface area contributed by atoms with E-state index >= 15 is 0 Å². The monoisotopic (exact) mass is 240 g/mol. The molecule has 0 amide bonds. The molecule has 1 N–H and O–H groups in total. The van der Waals surface area contributed by atoms with Crippen molar-refractivity contribution in [3.8, 4) is 0 Å². The Balaban J connectivity index is 2.23. The van der Waals surface area contributed by atoms with Gasteiger partial charge in [-0.1, -0.05) is 41.1 Å². The average molecular weight is 241 g/mol. The fraction of sp³-hybridized carbons (Fsp3) is 0.455. The molecule has 1 nitrogen and oxygen atoms in total. The van der Waals surface area contributed by atoms with E-state index in [0.29, 0.717) is 11.8 Å². The van der Waals surface area contributed by atoms with Crippen LogP contribution in [0.25, 0.3) is 0 Å². The van der Waals surface area contributed by atoms with Gasteiger partial charge in [-0.15, -0.1) is 0 Å². The van der Waals surface area contributed by atoms with Gasteiger partial charge in [-0.25, -0.2) is 0 Å². The largest absolute Gasteiger partial charge is 0.393 e. The summed E-state index contributed by atoms with van der Waals surface area (Å²) in [4.78, 5) is 0. The molecule has 2 rings (SSSR count). The number of benzene rings is 1.